The molecule has 8 heteroatoms. The smallest absolute Gasteiger partial charge is 0.267 e. The van der Waals surface area contributed by atoms with Crippen LogP contribution in [0.2, 0.25) is 0 Å². The summed E-state index contributed by atoms with van der Waals surface area (Å²) in [6, 6.07) is 15.0. The molecule has 0 fully saturated rings. The van der Waals surface area contributed by atoms with Crippen molar-refractivity contribution in [3.8, 4) is 11.4 Å². The highest BCUT2D eigenvalue weighted by Crippen LogP contribution is 2.36. The highest BCUT2D eigenvalue weighted by atomic mass is 32.2. The van der Waals surface area contributed by atoms with Gasteiger partial charge in [-0.2, -0.15) is 0 Å². The van der Waals surface area contributed by atoms with Crippen molar-refractivity contribution in [3.05, 3.63) is 74.9 Å². The van der Waals surface area contributed by atoms with Crippen LogP contribution in [-0.2, 0) is 17.6 Å². The molecule has 33 heavy (non-hydrogen) atoms. The molecule has 2 heterocycles. The van der Waals surface area contributed by atoms with Crippen molar-refractivity contribution in [2.45, 2.75) is 31.3 Å². The zero-order valence-corrected chi connectivity index (χ0v) is 20.0. The van der Waals surface area contributed by atoms with Gasteiger partial charge in [-0.3, -0.25) is 14.2 Å². The molecule has 0 aliphatic heterocycles. The molecule has 1 aliphatic carbocycles. The van der Waals surface area contributed by atoms with E-state index in [1.165, 1.54) is 16.6 Å². The fourth-order valence-corrected chi connectivity index (χ4v) is 6.19. The van der Waals surface area contributed by atoms with E-state index in [0.717, 1.165) is 46.3 Å². The van der Waals surface area contributed by atoms with Crippen LogP contribution in [0.25, 0.3) is 15.9 Å². The normalized spacial score (nSPS) is 12.7. The molecule has 168 valence electrons. The lowest BCUT2D eigenvalue weighted by molar-refractivity contribution is -0.113. The summed E-state index contributed by atoms with van der Waals surface area (Å²) in [6.45, 7) is 2.01. The van der Waals surface area contributed by atoms with Crippen LogP contribution in [0.3, 0.4) is 0 Å². The average molecular weight is 478 g/mol. The number of benzene rings is 2. The topological polar surface area (TPSA) is 73.2 Å². The summed E-state index contributed by atoms with van der Waals surface area (Å²) in [5, 5.41) is 4.14. The maximum atomic E-state index is 13.7. The number of hydrogen-bond acceptors (Lipinski definition) is 6. The maximum Gasteiger partial charge on any atom is 0.267 e. The van der Waals surface area contributed by atoms with Crippen molar-refractivity contribution in [2.24, 2.45) is 0 Å². The first-order valence-electron chi connectivity index (χ1n) is 10.7. The molecule has 2 aromatic carbocycles. The molecule has 1 amide bonds. The second-order valence-corrected chi connectivity index (χ2v) is 10.0. The van der Waals surface area contributed by atoms with Gasteiger partial charge >= 0.3 is 0 Å². The first-order valence-corrected chi connectivity index (χ1v) is 12.5. The van der Waals surface area contributed by atoms with Gasteiger partial charge in [-0.05, 0) is 56.0 Å². The number of rotatable bonds is 6. The summed E-state index contributed by atoms with van der Waals surface area (Å²) >= 11 is 2.88. The Kier molecular flexibility index (Phi) is 5.95. The number of thiophene rings is 1. The average Bonchev–Trinajstić information content (AvgIpc) is 3.40. The molecule has 0 radical (unpaired) electrons. The number of hydrogen-bond donors (Lipinski definition) is 1. The van der Waals surface area contributed by atoms with E-state index in [9.17, 15) is 9.59 Å². The number of carbonyl (C=O) groups is 1. The van der Waals surface area contributed by atoms with E-state index in [2.05, 4.69) is 5.32 Å². The van der Waals surface area contributed by atoms with Gasteiger partial charge in [-0.15, -0.1) is 11.3 Å². The zero-order chi connectivity index (χ0) is 22.9. The van der Waals surface area contributed by atoms with E-state index < -0.39 is 0 Å². The lowest BCUT2D eigenvalue weighted by atomic mass is 10.2. The van der Waals surface area contributed by atoms with Crippen molar-refractivity contribution in [1.29, 1.82) is 0 Å². The summed E-state index contributed by atoms with van der Waals surface area (Å²) in [5.74, 6) is 0.629. The van der Waals surface area contributed by atoms with Crippen molar-refractivity contribution < 1.29 is 9.53 Å². The monoisotopic (exact) mass is 477 g/mol. The first-order chi connectivity index (χ1) is 16.0. The largest absolute Gasteiger partial charge is 0.497 e. The second-order valence-electron chi connectivity index (χ2n) is 7.98. The molecule has 2 aromatic heterocycles. The van der Waals surface area contributed by atoms with Crippen LogP contribution in [0.5, 0.6) is 5.75 Å². The summed E-state index contributed by atoms with van der Waals surface area (Å²) in [7, 11) is 1.59. The van der Waals surface area contributed by atoms with Crippen LogP contribution in [0.4, 0.5) is 5.69 Å². The number of amides is 1. The summed E-state index contributed by atoms with van der Waals surface area (Å²) in [4.78, 5) is 33.2. The number of methoxy groups -OCH3 is 1. The van der Waals surface area contributed by atoms with Crippen molar-refractivity contribution >= 4 is 44.9 Å². The molecule has 5 rings (SSSR count). The van der Waals surface area contributed by atoms with E-state index in [4.69, 9.17) is 9.72 Å². The molecule has 0 spiro atoms. The van der Waals surface area contributed by atoms with Crippen LogP contribution in [0, 0.1) is 6.92 Å². The van der Waals surface area contributed by atoms with Gasteiger partial charge in [-0.25, -0.2) is 4.98 Å². The van der Waals surface area contributed by atoms with Crippen LogP contribution in [0.15, 0.2) is 58.5 Å². The third-order valence-corrected chi connectivity index (χ3v) is 7.81. The number of thioether (sulfide) groups is 1. The quantitative estimate of drug-likeness (QED) is 0.313. The molecule has 6 nitrogen and oxygen atoms in total. The molecule has 0 unspecified atom stereocenters. The summed E-state index contributed by atoms with van der Waals surface area (Å²) in [5.41, 5.74) is 3.63. The number of aromatic nitrogens is 2. The number of aryl methyl sites for hydroxylation is 3. The van der Waals surface area contributed by atoms with Crippen molar-refractivity contribution in [3.63, 3.8) is 0 Å². The molecule has 0 bridgehead atoms. The third-order valence-electron chi connectivity index (χ3n) is 5.69. The molecule has 1 N–H and O–H groups in total. The molecular formula is C25H23N3O3S2. The fourth-order valence-electron chi connectivity index (χ4n) is 4.07. The highest BCUT2D eigenvalue weighted by Gasteiger charge is 2.24. The lowest BCUT2D eigenvalue weighted by Crippen LogP contribution is -2.23. The minimum atomic E-state index is -0.174. The highest BCUT2D eigenvalue weighted by molar-refractivity contribution is 7.99. The van der Waals surface area contributed by atoms with Gasteiger partial charge in [0.1, 0.15) is 10.6 Å². The van der Waals surface area contributed by atoms with Crippen LogP contribution in [-0.4, -0.2) is 28.3 Å². The lowest BCUT2D eigenvalue weighted by Gasteiger charge is -2.13. The van der Waals surface area contributed by atoms with E-state index in [1.807, 2.05) is 49.4 Å². The Bertz CT molecular complexity index is 1410. The number of anilines is 1. The minimum absolute atomic E-state index is 0.0565. The van der Waals surface area contributed by atoms with Gasteiger partial charge in [0.2, 0.25) is 5.91 Å². The molecular weight excluding hydrogens is 454 g/mol. The minimum Gasteiger partial charge on any atom is -0.497 e. The third kappa shape index (κ3) is 4.28. The predicted molar refractivity (Wildman–Crippen MR) is 134 cm³/mol. The van der Waals surface area contributed by atoms with Gasteiger partial charge in [0.05, 0.1) is 23.9 Å². The number of fused-ring (bicyclic) bond motifs is 3. The van der Waals surface area contributed by atoms with E-state index in [0.29, 0.717) is 16.6 Å². The fraction of sp³-hybridized carbons (Fsp3) is 0.240. The number of ether oxygens (including phenoxy) is 1. The van der Waals surface area contributed by atoms with E-state index >= 15 is 0 Å². The molecule has 0 atom stereocenters. The Morgan fingerprint density at radius 1 is 1.21 bits per heavy atom. The Balaban J connectivity index is 1.48. The standard InChI is InChI=1S/C25H23N3O3S2/c1-15-9-11-17(12-10-15)28-24(30)22-19-7-4-8-20(19)33-23(22)27-25(28)32-14-21(29)26-16-5-3-6-18(13-16)31-2/h3,5-6,9-13H,4,7-8,14H2,1-2H3,(H,26,29). The van der Waals surface area contributed by atoms with E-state index in [-0.39, 0.29) is 17.2 Å². The number of carbonyl (C=O) groups excluding carboxylic acids is 1. The predicted octanol–water partition coefficient (Wildman–Crippen LogP) is 4.98. The Hall–Kier alpha value is -3.10. The van der Waals surface area contributed by atoms with Crippen molar-refractivity contribution in [2.75, 3.05) is 18.2 Å². The second kappa shape index (κ2) is 9.03. The molecule has 4 aromatic rings. The summed E-state index contributed by atoms with van der Waals surface area (Å²) in [6.07, 6.45) is 3.02. The van der Waals surface area contributed by atoms with Gasteiger partial charge in [-0.1, -0.05) is 35.5 Å². The maximum absolute atomic E-state index is 13.7. The molecule has 0 saturated heterocycles. The Labute approximate surface area is 199 Å². The van der Waals surface area contributed by atoms with Gasteiger partial charge in [0.25, 0.3) is 5.56 Å². The Morgan fingerprint density at radius 3 is 2.82 bits per heavy atom. The summed E-state index contributed by atoms with van der Waals surface area (Å²) < 4.78 is 6.86. The van der Waals surface area contributed by atoms with Gasteiger partial charge in [0, 0.05) is 16.6 Å². The van der Waals surface area contributed by atoms with Crippen LogP contribution in [0.1, 0.15) is 22.4 Å². The van der Waals surface area contributed by atoms with Crippen molar-refractivity contribution in [1.82, 2.24) is 9.55 Å². The van der Waals surface area contributed by atoms with Gasteiger partial charge < -0.3 is 10.1 Å². The first kappa shape index (κ1) is 21.7. The zero-order valence-electron chi connectivity index (χ0n) is 18.4. The SMILES string of the molecule is COc1cccc(NC(=O)CSc2nc3sc4c(c3c(=O)n2-c2ccc(C)cc2)CCC4)c1. The van der Waals surface area contributed by atoms with E-state index in [1.54, 1.807) is 29.1 Å². The molecule has 0 saturated carbocycles. The van der Waals surface area contributed by atoms with Gasteiger partial charge in [0.15, 0.2) is 5.16 Å². The number of nitrogens with one attached hydrogen (secondary N) is 1. The number of nitrogens with zero attached hydrogens (tertiary/aromatic N) is 2. The van der Waals surface area contributed by atoms with Crippen LogP contribution < -0.4 is 15.6 Å². The van der Waals surface area contributed by atoms with Crippen LogP contribution >= 0.6 is 23.1 Å². The molecule has 1 aliphatic rings. The Morgan fingerprint density at radius 2 is 2.03 bits per heavy atom.